The Balaban J connectivity index is 1.15. The first kappa shape index (κ1) is 32.3. The topological polar surface area (TPSA) is 38.7 Å². The summed E-state index contributed by atoms with van der Waals surface area (Å²) in [7, 11) is 0. The molecule has 3 nitrogen and oxygen atoms in total. The van der Waals surface area contributed by atoms with Crippen LogP contribution in [0.4, 0.5) is 0 Å². The minimum absolute atomic E-state index is 0.551. The Hall–Kier alpha value is -7.75. The first-order valence-electron chi connectivity index (χ1n) is 20.3. The number of nitrogens with zero attached hydrogens (tertiary/aromatic N) is 3. The summed E-state index contributed by atoms with van der Waals surface area (Å²) in [5.74, 6) is 1.96. The fraction of sp³-hybridized carbons (Fsp3) is 0.0179. The number of benzene rings is 10. The van der Waals surface area contributed by atoms with Gasteiger partial charge in [0.2, 0.25) is 0 Å². The summed E-state index contributed by atoms with van der Waals surface area (Å²) in [6.07, 6.45) is 0. The van der Waals surface area contributed by atoms with Gasteiger partial charge in [0.15, 0.2) is 17.5 Å². The Morgan fingerprint density at radius 1 is 0.271 bits per heavy atom. The van der Waals surface area contributed by atoms with Crippen LogP contribution < -0.4 is 0 Å². The second-order valence-corrected chi connectivity index (χ2v) is 15.8. The first-order valence-corrected chi connectivity index (χ1v) is 20.3. The lowest BCUT2D eigenvalue weighted by Crippen LogP contribution is -2.26. The molecule has 272 valence electrons. The number of hydrogen-bond donors (Lipinski definition) is 0. The minimum atomic E-state index is -0.551. The molecule has 11 aromatic rings. The Kier molecular flexibility index (Phi) is 6.65. The van der Waals surface area contributed by atoms with E-state index in [2.05, 4.69) is 194 Å². The van der Waals surface area contributed by atoms with Crippen LogP contribution in [0.15, 0.2) is 200 Å². The maximum absolute atomic E-state index is 5.58. The highest BCUT2D eigenvalue weighted by Gasteiger charge is 2.52. The van der Waals surface area contributed by atoms with Crippen molar-refractivity contribution in [1.82, 2.24) is 15.0 Å². The molecule has 0 saturated heterocycles. The third-order valence-electron chi connectivity index (χ3n) is 12.9. The van der Waals surface area contributed by atoms with Gasteiger partial charge in [0.05, 0.1) is 5.41 Å². The van der Waals surface area contributed by atoms with Crippen molar-refractivity contribution in [2.24, 2.45) is 0 Å². The fourth-order valence-electron chi connectivity index (χ4n) is 10.6. The van der Waals surface area contributed by atoms with Gasteiger partial charge in [-0.2, -0.15) is 0 Å². The van der Waals surface area contributed by atoms with Crippen LogP contribution in [0.25, 0.3) is 99.5 Å². The van der Waals surface area contributed by atoms with Gasteiger partial charge in [0, 0.05) is 16.7 Å². The van der Waals surface area contributed by atoms with Crippen molar-refractivity contribution in [2.75, 3.05) is 0 Å². The summed E-state index contributed by atoms with van der Waals surface area (Å²) in [5.41, 5.74) is 12.5. The molecule has 13 rings (SSSR count). The van der Waals surface area contributed by atoms with E-state index in [0.717, 1.165) is 22.1 Å². The molecular weight excluding hydrogens is 715 g/mol. The van der Waals surface area contributed by atoms with E-state index in [1.807, 2.05) is 6.07 Å². The normalized spacial score (nSPS) is 13.2. The van der Waals surface area contributed by atoms with E-state index in [1.165, 1.54) is 82.2 Å². The molecule has 0 aliphatic heterocycles. The molecule has 1 spiro atoms. The van der Waals surface area contributed by atoms with Crippen molar-refractivity contribution in [1.29, 1.82) is 0 Å². The van der Waals surface area contributed by atoms with Crippen LogP contribution in [0.3, 0.4) is 0 Å². The van der Waals surface area contributed by atoms with Gasteiger partial charge in [-0.25, -0.2) is 15.0 Å². The number of aromatic nitrogens is 3. The van der Waals surface area contributed by atoms with E-state index in [9.17, 15) is 0 Å². The molecule has 0 saturated carbocycles. The summed E-state index contributed by atoms with van der Waals surface area (Å²) < 4.78 is 0. The maximum atomic E-state index is 5.58. The molecule has 0 N–H and O–H groups in total. The average molecular weight is 748 g/mol. The van der Waals surface area contributed by atoms with E-state index in [1.54, 1.807) is 0 Å². The van der Waals surface area contributed by atoms with Gasteiger partial charge >= 0.3 is 0 Å². The first-order chi connectivity index (χ1) is 29.3. The molecule has 0 radical (unpaired) electrons. The van der Waals surface area contributed by atoms with Crippen LogP contribution in [0.2, 0.25) is 0 Å². The molecule has 0 amide bonds. The maximum Gasteiger partial charge on any atom is 0.164 e. The minimum Gasteiger partial charge on any atom is -0.208 e. The van der Waals surface area contributed by atoms with Gasteiger partial charge in [0.25, 0.3) is 0 Å². The van der Waals surface area contributed by atoms with Gasteiger partial charge in [-0.05, 0) is 93.7 Å². The smallest absolute Gasteiger partial charge is 0.164 e. The lowest BCUT2D eigenvalue weighted by atomic mass is 9.69. The molecule has 2 aliphatic carbocycles. The Morgan fingerprint density at radius 2 is 0.678 bits per heavy atom. The molecule has 0 fully saturated rings. The third-order valence-corrected chi connectivity index (χ3v) is 12.9. The van der Waals surface area contributed by atoms with E-state index < -0.39 is 5.41 Å². The molecule has 0 bridgehead atoms. The second-order valence-electron chi connectivity index (χ2n) is 15.8. The lowest BCUT2D eigenvalue weighted by Gasteiger charge is -2.31. The van der Waals surface area contributed by atoms with Crippen LogP contribution >= 0.6 is 0 Å². The Bertz CT molecular complexity index is 3500. The SMILES string of the molecule is c1ccc(-c2nc(-c3cccc4c3C3(c5ccccc5-c5ccccc53)c3ccccc3-4)nc(-c3cc4c5ccccc5c5ccccc5c4c4ccccc34)n2)cc1. The van der Waals surface area contributed by atoms with Gasteiger partial charge < -0.3 is 0 Å². The summed E-state index contributed by atoms with van der Waals surface area (Å²) in [5, 5.41) is 9.67. The van der Waals surface area contributed by atoms with Crippen molar-refractivity contribution in [3.8, 4) is 56.4 Å². The van der Waals surface area contributed by atoms with Crippen molar-refractivity contribution < 1.29 is 0 Å². The molecule has 0 unspecified atom stereocenters. The number of rotatable bonds is 3. The highest BCUT2D eigenvalue weighted by Crippen LogP contribution is 2.64. The van der Waals surface area contributed by atoms with Crippen LogP contribution in [0.5, 0.6) is 0 Å². The highest BCUT2D eigenvalue weighted by atomic mass is 15.0. The van der Waals surface area contributed by atoms with Crippen molar-refractivity contribution in [3.63, 3.8) is 0 Å². The molecular formula is C56H33N3. The largest absolute Gasteiger partial charge is 0.208 e. The summed E-state index contributed by atoms with van der Waals surface area (Å²) in [4.78, 5) is 16.4. The van der Waals surface area contributed by atoms with Crippen molar-refractivity contribution in [2.45, 2.75) is 5.41 Å². The summed E-state index contributed by atoms with van der Waals surface area (Å²) in [6.45, 7) is 0. The van der Waals surface area contributed by atoms with E-state index in [0.29, 0.717) is 17.5 Å². The quantitative estimate of drug-likeness (QED) is 0.169. The Morgan fingerprint density at radius 3 is 1.31 bits per heavy atom. The predicted octanol–water partition coefficient (Wildman–Crippen LogP) is 13.8. The molecule has 10 aromatic carbocycles. The lowest BCUT2D eigenvalue weighted by molar-refractivity contribution is 0.794. The van der Waals surface area contributed by atoms with E-state index >= 15 is 0 Å². The second kappa shape index (κ2) is 12.1. The molecule has 2 aliphatic rings. The predicted molar refractivity (Wildman–Crippen MR) is 242 cm³/mol. The van der Waals surface area contributed by atoms with E-state index in [-0.39, 0.29) is 0 Å². The van der Waals surface area contributed by atoms with Crippen molar-refractivity contribution in [3.05, 3.63) is 222 Å². The monoisotopic (exact) mass is 747 g/mol. The van der Waals surface area contributed by atoms with E-state index in [4.69, 9.17) is 15.0 Å². The standard InChI is InChI=1S/C56H33N3/c1-2-17-34(18-3-1)53-57-54(45-29-16-28-44-41-25-12-15-32-50(41)56(52(44)45)48-30-13-10-23-39(48)40-24-11-14-31-49(40)56)59-55(58-53)47-33-46-37-21-5-4-19-35(37)36-20-6-8-26-42(36)51(46)43-27-9-7-22-38(43)47/h1-33H. The Labute approximate surface area is 341 Å². The van der Waals surface area contributed by atoms with Crippen LogP contribution in [0, 0.1) is 0 Å². The molecule has 0 atom stereocenters. The molecule has 1 heterocycles. The molecule has 59 heavy (non-hydrogen) atoms. The number of fused-ring (bicyclic) bond motifs is 18. The van der Waals surface area contributed by atoms with Crippen LogP contribution in [0.1, 0.15) is 22.3 Å². The van der Waals surface area contributed by atoms with Crippen LogP contribution in [-0.4, -0.2) is 15.0 Å². The zero-order valence-electron chi connectivity index (χ0n) is 31.9. The van der Waals surface area contributed by atoms with Crippen molar-refractivity contribution >= 4 is 43.1 Å². The molecule has 1 aromatic heterocycles. The summed E-state index contributed by atoms with van der Waals surface area (Å²) >= 11 is 0. The molecule has 3 heteroatoms. The zero-order valence-corrected chi connectivity index (χ0v) is 31.9. The van der Waals surface area contributed by atoms with Crippen LogP contribution in [-0.2, 0) is 5.41 Å². The summed E-state index contributed by atoms with van der Waals surface area (Å²) in [6, 6.07) is 72.5. The zero-order chi connectivity index (χ0) is 38.7. The van der Waals surface area contributed by atoms with Gasteiger partial charge in [-0.1, -0.05) is 194 Å². The van der Waals surface area contributed by atoms with Gasteiger partial charge in [-0.15, -0.1) is 0 Å². The number of hydrogen-bond acceptors (Lipinski definition) is 3. The third kappa shape index (κ3) is 4.34. The van der Waals surface area contributed by atoms with Gasteiger partial charge in [-0.3, -0.25) is 0 Å². The van der Waals surface area contributed by atoms with Gasteiger partial charge in [0.1, 0.15) is 0 Å². The fourth-order valence-corrected chi connectivity index (χ4v) is 10.6. The average Bonchev–Trinajstić information content (AvgIpc) is 3.79. The highest BCUT2D eigenvalue weighted by molar-refractivity contribution is 6.32.